The number of nitriles is 1. The van der Waals surface area contributed by atoms with Crippen molar-refractivity contribution in [2.75, 3.05) is 0 Å². The molecule has 0 heterocycles. The molecule has 0 atom stereocenters. The second-order valence-corrected chi connectivity index (χ2v) is 5.91. The predicted octanol–water partition coefficient (Wildman–Crippen LogP) is 5.30. The van der Waals surface area contributed by atoms with Crippen LogP contribution in [0, 0.1) is 17.2 Å². The Labute approximate surface area is 145 Å². The van der Waals surface area contributed by atoms with E-state index in [1.54, 1.807) is 18.2 Å². The highest BCUT2D eigenvalue weighted by atomic mass is 19.4. The van der Waals surface area contributed by atoms with Crippen LogP contribution < -0.4 is 4.74 Å². The molecule has 1 saturated carbocycles. The van der Waals surface area contributed by atoms with Gasteiger partial charge in [-0.3, -0.25) is 0 Å². The Kier molecular flexibility index (Phi) is 7.08. The van der Waals surface area contributed by atoms with E-state index in [0.717, 1.165) is 31.2 Å². The van der Waals surface area contributed by atoms with Crippen LogP contribution in [0.15, 0.2) is 48.6 Å². The zero-order valence-electron chi connectivity index (χ0n) is 13.7. The topological polar surface area (TPSA) is 42.2 Å². The van der Waals surface area contributed by atoms with E-state index in [1.807, 2.05) is 12.1 Å². The summed E-state index contributed by atoms with van der Waals surface area (Å²) in [5.74, 6) is 0.274. The van der Waals surface area contributed by atoms with Crippen LogP contribution in [0.1, 0.15) is 31.2 Å². The van der Waals surface area contributed by atoms with Crippen LogP contribution in [0.4, 0.5) is 13.2 Å². The molecule has 2 rings (SSSR count). The van der Waals surface area contributed by atoms with Crippen molar-refractivity contribution in [3.05, 3.63) is 54.1 Å². The Morgan fingerprint density at radius 2 is 1.76 bits per heavy atom. The van der Waals surface area contributed by atoms with E-state index in [1.165, 1.54) is 18.2 Å². The number of ether oxygens (including phenoxy) is 2. The molecule has 0 radical (unpaired) electrons. The lowest BCUT2D eigenvalue weighted by molar-refractivity contribution is -0.274. The van der Waals surface area contributed by atoms with Gasteiger partial charge < -0.3 is 9.47 Å². The molecule has 0 aliphatic heterocycles. The van der Waals surface area contributed by atoms with E-state index in [2.05, 4.69) is 10.8 Å². The molecule has 0 unspecified atom stereocenters. The third-order valence-electron chi connectivity index (χ3n) is 4.03. The summed E-state index contributed by atoms with van der Waals surface area (Å²) >= 11 is 0. The smallest absolute Gasteiger partial charge is 0.406 e. The van der Waals surface area contributed by atoms with Crippen LogP contribution in [0.5, 0.6) is 5.75 Å². The van der Waals surface area contributed by atoms with Gasteiger partial charge >= 0.3 is 6.36 Å². The third kappa shape index (κ3) is 7.44. The van der Waals surface area contributed by atoms with Crippen molar-refractivity contribution in [2.45, 2.75) is 44.8 Å². The fourth-order valence-electron chi connectivity index (χ4n) is 2.77. The third-order valence-corrected chi connectivity index (χ3v) is 4.03. The molecule has 0 bridgehead atoms. The second kappa shape index (κ2) is 9.28. The van der Waals surface area contributed by atoms with E-state index in [9.17, 15) is 13.2 Å². The highest BCUT2D eigenvalue weighted by Gasteiger charge is 2.31. The minimum absolute atomic E-state index is 0.172. The van der Waals surface area contributed by atoms with Crippen molar-refractivity contribution in [3.8, 4) is 11.8 Å². The number of rotatable bonds is 6. The van der Waals surface area contributed by atoms with Crippen molar-refractivity contribution in [1.29, 1.82) is 5.26 Å². The summed E-state index contributed by atoms with van der Waals surface area (Å²) in [5.41, 5.74) is 0.818. The van der Waals surface area contributed by atoms with E-state index in [-0.39, 0.29) is 11.9 Å². The number of halogens is 3. The molecule has 0 aromatic heterocycles. The maximum Gasteiger partial charge on any atom is 0.573 e. The van der Waals surface area contributed by atoms with E-state index in [4.69, 9.17) is 10.00 Å². The van der Waals surface area contributed by atoms with Gasteiger partial charge in [-0.1, -0.05) is 30.4 Å². The molecule has 1 aliphatic carbocycles. The summed E-state index contributed by atoms with van der Waals surface area (Å²) in [6, 6.07) is 7.69. The maximum atomic E-state index is 12.1. The number of alkyl halides is 3. The van der Waals surface area contributed by atoms with Gasteiger partial charge in [-0.15, -0.1) is 13.2 Å². The highest BCUT2D eigenvalue weighted by molar-refractivity contribution is 5.27. The van der Waals surface area contributed by atoms with Gasteiger partial charge in [0.25, 0.3) is 0 Å². The molecule has 1 aliphatic rings. The van der Waals surface area contributed by atoms with E-state index in [0.29, 0.717) is 12.5 Å². The lowest BCUT2D eigenvalue weighted by atomic mass is 9.87. The van der Waals surface area contributed by atoms with Gasteiger partial charge in [-0.2, -0.15) is 5.26 Å². The second-order valence-electron chi connectivity index (χ2n) is 5.91. The molecule has 0 amide bonds. The molecule has 134 valence electrons. The van der Waals surface area contributed by atoms with Crippen LogP contribution >= 0.6 is 0 Å². The van der Waals surface area contributed by atoms with Crippen LogP contribution in [0.2, 0.25) is 0 Å². The SMILES string of the molecule is N#CC=CC=CC1CCC(OCc2ccc(OC(F)(F)F)cc2)CC1. The zero-order valence-corrected chi connectivity index (χ0v) is 13.7. The molecule has 25 heavy (non-hydrogen) atoms. The lowest BCUT2D eigenvalue weighted by Crippen LogP contribution is -2.20. The molecule has 3 nitrogen and oxygen atoms in total. The molecule has 1 fully saturated rings. The maximum absolute atomic E-state index is 12.1. The average molecular weight is 351 g/mol. The molecule has 6 heteroatoms. The summed E-state index contributed by atoms with van der Waals surface area (Å²) in [5, 5.41) is 8.41. The zero-order chi connectivity index (χ0) is 18.1. The minimum atomic E-state index is -4.67. The monoisotopic (exact) mass is 351 g/mol. The Morgan fingerprint density at radius 3 is 2.36 bits per heavy atom. The Balaban J connectivity index is 1.71. The summed E-state index contributed by atoms with van der Waals surface area (Å²) in [7, 11) is 0. The van der Waals surface area contributed by atoms with Gasteiger partial charge in [0.15, 0.2) is 0 Å². The van der Waals surface area contributed by atoms with Crippen LogP contribution in [-0.2, 0) is 11.3 Å². The number of benzene rings is 1. The fraction of sp³-hybridized carbons (Fsp3) is 0.421. The summed E-state index contributed by atoms with van der Waals surface area (Å²) in [6.07, 6.45) is 6.65. The summed E-state index contributed by atoms with van der Waals surface area (Å²) in [6.45, 7) is 0.377. The van der Waals surface area contributed by atoms with E-state index >= 15 is 0 Å². The molecular formula is C19H20F3NO2. The Hall–Kier alpha value is -2.26. The van der Waals surface area contributed by atoms with Crippen molar-refractivity contribution < 1.29 is 22.6 Å². The van der Waals surface area contributed by atoms with Gasteiger partial charge in [-0.25, -0.2) is 0 Å². The van der Waals surface area contributed by atoms with Gasteiger partial charge in [0.05, 0.1) is 18.8 Å². The van der Waals surface area contributed by atoms with E-state index < -0.39 is 6.36 Å². The largest absolute Gasteiger partial charge is 0.573 e. The van der Waals surface area contributed by atoms with Crippen molar-refractivity contribution in [2.24, 2.45) is 5.92 Å². The van der Waals surface area contributed by atoms with Gasteiger partial charge in [0.1, 0.15) is 5.75 Å². The average Bonchev–Trinajstić information content (AvgIpc) is 2.58. The van der Waals surface area contributed by atoms with Crippen molar-refractivity contribution >= 4 is 0 Å². The lowest BCUT2D eigenvalue weighted by Gasteiger charge is -2.26. The minimum Gasteiger partial charge on any atom is -0.406 e. The van der Waals surface area contributed by atoms with Crippen molar-refractivity contribution in [1.82, 2.24) is 0 Å². The first-order valence-electron chi connectivity index (χ1n) is 8.15. The number of allylic oxidation sites excluding steroid dienone is 4. The molecule has 1 aromatic carbocycles. The Morgan fingerprint density at radius 1 is 1.08 bits per heavy atom. The first-order chi connectivity index (χ1) is 12.0. The van der Waals surface area contributed by atoms with Gasteiger partial charge in [0, 0.05) is 6.08 Å². The summed E-state index contributed by atoms with van der Waals surface area (Å²) < 4.78 is 46.0. The van der Waals surface area contributed by atoms with Crippen LogP contribution in [0.25, 0.3) is 0 Å². The predicted molar refractivity (Wildman–Crippen MR) is 87.6 cm³/mol. The number of hydrogen-bond donors (Lipinski definition) is 0. The fourth-order valence-corrected chi connectivity index (χ4v) is 2.77. The highest BCUT2D eigenvalue weighted by Crippen LogP contribution is 2.28. The van der Waals surface area contributed by atoms with Crippen LogP contribution in [0.3, 0.4) is 0 Å². The van der Waals surface area contributed by atoms with Gasteiger partial charge in [0.2, 0.25) is 0 Å². The standard InChI is InChI=1S/C19H20F3NO2/c20-19(21,22)25-18-11-7-16(8-12-18)14-24-17-9-5-15(6-10-17)4-2-1-3-13-23/h1-4,7-8,11-12,15,17H,5-6,9-10,14H2. The molecule has 1 aromatic rings. The summed E-state index contributed by atoms with van der Waals surface area (Å²) in [4.78, 5) is 0. The van der Waals surface area contributed by atoms with Gasteiger partial charge in [-0.05, 0) is 49.3 Å². The van der Waals surface area contributed by atoms with Crippen LogP contribution in [-0.4, -0.2) is 12.5 Å². The first-order valence-corrected chi connectivity index (χ1v) is 8.15. The molecular weight excluding hydrogens is 331 g/mol. The van der Waals surface area contributed by atoms with Crippen molar-refractivity contribution in [3.63, 3.8) is 0 Å². The number of nitrogens with zero attached hydrogens (tertiary/aromatic N) is 1. The molecule has 0 spiro atoms. The number of hydrogen-bond acceptors (Lipinski definition) is 3. The molecule has 0 N–H and O–H groups in total. The normalized spacial score (nSPS) is 21.5. The quantitative estimate of drug-likeness (QED) is 0.516. The first kappa shape index (κ1) is 19.1. The molecule has 0 saturated heterocycles. The Bertz CT molecular complexity index is 622.